The number of ether oxygens (including phenoxy) is 2. The largest absolute Gasteiger partial charge is 0.354 e. The summed E-state index contributed by atoms with van der Waals surface area (Å²) in [6, 6.07) is 0.231. The van der Waals surface area contributed by atoms with Crippen molar-refractivity contribution < 1.29 is 9.47 Å². The van der Waals surface area contributed by atoms with E-state index in [2.05, 4.69) is 17.1 Å². The molecule has 0 saturated carbocycles. The van der Waals surface area contributed by atoms with E-state index in [1.807, 2.05) is 11.8 Å². The highest BCUT2D eigenvalue weighted by atomic mass is 32.2. The van der Waals surface area contributed by atoms with Gasteiger partial charge in [0.05, 0.1) is 6.04 Å². The minimum Gasteiger partial charge on any atom is -0.354 e. The number of hydrogen-bond acceptors (Lipinski definition) is 5. The Balaban J connectivity index is 2.09. The Morgan fingerprint density at radius 2 is 1.88 bits per heavy atom. The molecule has 1 fully saturated rings. The zero-order valence-electron chi connectivity index (χ0n) is 10.6. The van der Waals surface area contributed by atoms with Crippen LogP contribution < -0.4 is 5.32 Å². The van der Waals surface area contributed by atoms with E-state index in [1.165, 1.54) is 24.6 Å². The minimum absolute atomic E-state index is 0.156. The average molecular weight is 248 g/mol. The van der Waals surface area contributed by atoms with E-state index in [0.717, 1.165) is 13.1 Å². The number of nitrogens with zero attached hydrogens (tertiary/aromatic N) is 1. The second kappa shape index (κ2) is 8.31. The summed E-state index contributed by atoms with van der Waals surface area (Å²) in [7, 11) is 3.35. The van der Waals surface area contributed by atoms with Crippen LogP contribution in [-0.4, -0.2) is 69.1 Å². The van der Waals surface area contributed by atoms with Gasteiger partial charge in [0.15, 0.2) is 6.29 Å². The SMILES string of the molecule is COC(OC)C(C)NCCN1CCSCC1. The molecule has 1 N–H and O–H groups in total. The van der Waals surface area contributed by atoms with E-state index in [1.54, 1.807) is 14.2 Å². The number of hydrogen-bond donors (Lipinski definition) is 1. The zero-order valence-corrected chi connectivity index (χ0v) is 11.4. The van der Waals surface area contributed by atoms with Gasteiger partial charge in [0.2, 0.25) is 0 Å². The molecule has 0 bridgehead atoms. The fraction of sp³-hybridized carbons (Fsp3) is 1.00. The van der Waals surface area contributed by atoms with Crippen LogP contribution in [-0.2, 0) is 9.47 Å². The molecule has 96 valence electrons. The monoisotopic (exact) mass is 248 g/mol. The lowest BCUT2D eigenvalue weighted by molar-refractivity contribution is -0.119. The Bertz CT molecular complexity index is 173. The molecule has 5 heteroatoms. The summed E-state index contributed by atoms with van der Waals surface area (Å²) in [6.07, 6.45) is -0.156. The van der Waals surface area contributed by atoms with E-state index < -0.39 is 0 Å². The van der Waals surface area contributed by atoms with Gasteiger partial charge in [-0.2, -0.15) is 11.8 Å². The van der Waals surface area contributed by atoms with E-state index in [9.17, 15) is 0 Å². The molecular formula is C11H24N2O2S. The molecule has 1 saturated heterocycles. The van der Waals surface area contributed by atoms with Crippen LogP contribution in [0.1, 0.15) is 6.92 Å². The average Bonchev–Trinajstić information content (AvgIpc) is 2.32. The molecule has 0 aliphatic carbocycles. The molecule has 0 amide bonds. The van der Waals surface area contributed by atoms with Crippen molar-refractivity contribution in [1.82, 2.24) is 10.2 Å². The molecule has 0 radical (unpaired) electrons. The Labute approximate surface area is 103 Å². The van der Waals surface area contributed by atoms with Crippen molar-refractivity contribution in [1.29, 1.82) is 0 Å². The maximum Gasteiger partial charge on any atom is 0.171 e. The molecule has 1 aliphatic heterocycles. The first-order chi connectivity index (χ1) is 7.77. The molecular weight excluding hydrogens is 224 g/mol. The van der Waals surface area contributed by atoms with Crippen LogP contribution in [0.3, 0.4) is 0 Å². The number of nitrogens with one attached hydrogen (secondary N) is 1. The normalized spacial score (nSPS) is 20.2. The van der Waals surface area contributed by atoms with Crippen molar-refractivity contribution in [3.63, 3.8) is 0 Å². The molecule has 1 heterocycles. The molecule has 0 aromatic rings. The minimum atomic E-state index is -0.156. The molecule has 0 spiro atoms. The highest BCUT2D eigenvalue weighted by Crippen LogP contribution is 2.08. The molecule has 1 rings (SSSR count). The van der Waals surface area contributed by atoms with Gasteiger partial charge in [-0.3, -0.25) is 0 Å². The van der Waals surface area contributed by atoms with Crippen LogP contribution in [0.2, 0.25) is 0 Å². The second-order valence-corrected chi connectivity index (χ2v) is 5.26. The quantitative estimate of drug-likeness (QED) is 0.669. The van der Waals surface area contributed by atoms with Crippen molar-refractivity contribution >= 4 is 11.8 Å². The zero-order chi connectivity index (χ0) is 11.8. The highest BCUT2D eigenvalue weighted by Gasteiger charge is 2.15. The number of thioether (sulfide) groups is 1. The van der Waals surface area contributed by atoms with Gasteiger partial charge in [-0.1, -0.05) is 0 Å². The van der Waals surface area contributed by atoms with E-state index in [0.29, 0.717) is 0 Å². The lowest BCUT2D eigenvalue weighted by Gasteiger charge is -2.28. The van der Waals surface area contributed by atoms with Crippen LogP contribution >= 0.6 is 11.8 Å². The lowest BCUT2D eigenvalue weighted by atomic mass is 10.3. The number of rotatable bonds is 7. The fourth-order valence-electron chi connectivity index (χ4n) is 1.88. The number of methoxy groups -OCH3 is 2. The Hall–Kier alpha value is 0.190. The second-order valence-electron chi connectivity index (χ2n) is 4.04. The maximum atomic E-state index is 5.20. The summed E-state index contributed by atoms with van der Waals surface area (Å²) >= 11 is 2.05. The first-order valence-electron chi connectivity index (χ1n) is 5.87. The van der Waals surface area contributed by atoms with Gasteiger partial charge in [0.25, 0.3) is 0 Å². The molecule has 16 heavy (non-hydrogen) atoms. The standard InChI is InChI=1S/C11H24N2O2S/c1-10(11(14-2)15-3)12-4-5-13-6-8-16-9-7-13/h10-12H,4-9H2,1-3H3. The van der Waals surface area contributed by atoms with E-state index in [-0.39, 0.29) is 12.3 Å². The Morgan fingerprint density at radius 3 is 2.44 bits per heavy atom. The molecule has 0 aromatic heterocycles. The predicted octanol–water partition coefficient (Wildman–Crippen LogP) is 0.632. The first kappa shape index (κ1) is 14.3. The van der Waals surface area contributed by atoms with Gasteiger partial charge >= 0.3 is 0 Å². The van der Waals surface area contributed by atoms with Crippen LogP contribution in [0.15, 0.2) is 0 Å². The summed E-state index contributed by atoms with van der Waals surface area (Å²) in [5, 5.41) is 3.43. The third kappa shape index (κ3) is 5.01. The smallest absolute Gasteiger partial charge is 0.171 e. The molecule has 1 atom stereocenters. The van der Waals surface area contributed by atoms with Crippen molar-refractivity contribution in [2.75, 3.05) is 51.9 Å². The van der Waals surface area contributed by atoms with Crippen molar-refractivity contribution in [3.8, 4) is 0 Å². The molecule has 1 unspecified atom stereocenters. The van der Waals surface area contributed by atoms with Crippen LogP contribution in [0.5, 0.6) is 0 Å². The third-order valence-electron chi connectivity index (χ3n) is 2.87. The molecule has 4 nitrogen and oxygen atoms in total. The summed E-state index contributed by atoms with van der Waals surface area (Å²) in [5.41, 5.74) is 0. The summed E-state index contributed by atoms with van der Waals surface area (Å²) in [5.74, 6) is 2.54. The van der Waals surface area contributed by atoms with Gasteiger partial charge in [0.1, 0.15) is 0 Å². The predicted molar refractivity (Wildman–Crippen MR) is 69.0 cm³/mol. The summed E-state index contributed by atoms with van der Waals surface area (Å²) in [6.45, 7) is 6.64. The van der Waals surface area contributed by atoms with E-state index in [4.69, 9.17) is 9.47 Å². The lowest BCUT2D eigenvalue weighted by Crippen LogP contribution is -2.44. The third-order valence-corrected chi connectivity index (χ3v) is 3.81. The maximum absolute atomic E-state index is 5.20. The van der Waals surface area contributed by atoms with Crippen molar-refractivity contribution in [2.45, 2.75) is 19.3 Å². The highest BCUT2D eigenvalue weighted by molar-refractivity contribution is 7.99. The summed E-state index contributed by atoms with van der Waals surface area (Å²) in [4.78, 5) is 2.50. The van der Waals surface area contributed by atoms with Gasteiger partial charge in [-0.25, -0.2) is 0 Å². The van der Waals surface area contributed by atoms with Gasteiger partial charge in [0, 0.05) is 51.9 Å². The van der Waals surface area contributed by atoms with Gasteiger partial charge in [-0.05, 0) is 6.92 Å². The van der Waals surface area contributed by atoms with Crippen molar-refractivity contribution in [2.24, 2.45) is 0 Å². The van der Waals surface area contributed by atoms with Crippen LogP contribution in [0, 0.1) is 0 Å². The van der Waals surface area contributed by atoms with Crippen LogP contribution in [0.25, 0.3) is 0 Å². The topological polar surface area (TPSA) is 33.7 Å². The van der Waals surface area contributed by atoms with E-state index >= 15 is 0 Å². The molecule has 1 aliphatic rings. The Morgan fingerprint density at radius 1 is 1.25 bits per heavy atom. The molecule has 0 aromatic carbocycles. The first-order valence-corrected chi connectivity index (χ1v) is 7.02. The Kier molecular flexibility index (Phi) is 7.40. The van der Waals surface area contributed by atoms with Gasteiger partial charge < -0.3 is 19.7 Å². The van der Waals surface area contributed by atoms with Crippen LogP contribution in [0.4, 0.5) is 0 Å². The van der Waals surface area contributed by atoms with Crippen molar-refractivity contribution in [3.05, 3.63) is 0 Å². The summed E-state index contributed by atoms with van der Waals surface area (Å²) < 4.78 is 10.4. The fourth-order valence-corrected chi connectivity index (χ4v) is 2.85. The van der Waals surface area contributed by atoms with Gasteiger partial charge in [-0.15, -0.1) is 0 Å².